The molecule has 0 bridgehead atoms. The second-order valence-corrected chi connectivity index (χ2v) is 8.52. The lowest BCUT2D eigenvalue weighted by Crippen LogP contribution is -2.20. The molecule has 0 aliphatic carbocycles. The van der Waals surface area contributed by atoms with E-state index >= 15 is 0 Å². The number of benzene rings is 1. The number of carbonyl (C=O) groups is 2. The van der Waals surface area contributed by atoms with Gasteiger partial charge in [-0.1, -0.05) is 11.8 Å². The fourth-order valence-corrected chi connectivity index (χ4v) is 4.94. The van der Waals surface area contributed by atoms with Gasteiger partial charge in [0.25, 0.3) is 5.91 Å². The van der Waals surface area contributed by atoms with E-state index in [-0.39, 0.29) is 17.4 Å². The molecule has 0 radical (unpaired) electrons. The van der Waals surface area contributed by atoms with Crippen molar-refractivity contribution in [2.24, 2.45) is 5.73 Å². The minimum atomic E-state index is -0.635. The molecule has 2 aromatic rings. The maximum absolute atomic E-state index is 12.8. The number of halogens is 1. The Labute approximate surface area is 178 Å². The van der Waals surface area contributed by atoms with Crippen molar-refractivity contribution in [1.82, 2.24) is 4.98 Å². The van der Waals surface area contributed by atoms with Crippen LogP contribution in [0.4, 0.5) is 0 Å². The zero-order chi connectivity index (χ0) is 20.3. The predicted octanol–water partition coefficient (Wildman–Crippen LogP) is 3.59. The second-order valence-electron chi connectivity index (χ2n) is 5.66. The highest BCUT2D eigenvalue weighted by Crippen LogP contribution is 2.43. The number of nitrogens with zero attached hydrogens (tertiary/aromatic N) is 1. The lowest BCUT2D eigenvalue weighted by atomic mass is 10.0. The van der Waals surface area contributed by atoms with Crippen LogP contribution in [0.15, 0.2) is 33.1 Å². The van der Waals surface area contributed by atoms with Gasteiger partial charge >= 0.3 is 0 Å². The number of amides is 1. The van der Waals surface area contributed by atoms with Gasteiger partial charge in [0.05, 0.1) is 21.0 Å². The number of nitrogens with one attached hydrogen (secondary N) is 1. The Bertz CT molecular complexity index is 960. The molecular weight excluding hydrogens is 466 g/mol. The lowest BCUT2D eigenvalue weighted by molar-refractivity contribution is -0.120. The van der Waals surface area contributed by atoms with Gasteiger partial charge in [0, 0.05) is 11.6 Å². The number of allylic oxidation sites excluding steroid dienone is 1. The van der Waals surface area contributed by atoms with Crippen molar-refractivity contribution < 1.29 is 19.1 Å². The summed E-state index contributed by atoms with van der Waals surface area (Å²) in [5, 5.41) is 10.8. The van der Waals surface area contributed by atoms with E-state index in [1.807, 2.05) is 6.92 Å². The third-order valence-corrected chi connectivity index (χ3v) is 6.10. The van der Waals surface area contributed by atoms with Gasteiger partial charge in [-0.25, -0.2) is 4.98 Å². The Kier molecular flexibility index (Phi) is 6.53. The molecular formula is C18H16BrN3O4S2. The first-order chi connectivity index (χ1) is 13.4. The van der Waals surface area contributed by atoms with Crippen LogP contribution < -0.4 is 15.2 Å². The number of aromatic nitrogens is 1. The first-order valence-electron chi connectivity index (χ1n) is 8.19. The summed E-state index contributed by atoms with van der Waals surface area (Å²) in [4.78, 5) is 28.4. The SMILES string of the molecule is CCOc1cc(/C=C2\SC(=N)[C@@H](c3nccs3)C2=O)cc(Br)c1OCC(N)=O. The van der Waals surface area contributed by atoms with Crippen LogP contribution in [0.25, 0.3) is 6.08 Å². The van der Waals surface area contributed by atoms with Gasteiger partial charge < -0.3 is 15.2 Å². The summed E-state index contributed by atoms with van der Waals surface area (Å²) in [7, 11) is 0. The Hall–Kier alpha value is -2.17. The van der Waals surface area contributed by atoms with Crippen molar-refractivity contribution in [3.8, 4) is 11.5 Å². The normalized spacial score (nSPS) is 17.9. The van der Waals surface area contributed by atoms with E-state index in [1.165, 1.54) is 11.3 Å². The monoisotopic (exact) mass is 481 g/mol. The third-order valence-electron chi connectivity index (χ3n) is 3.67. The highest BCUT2D eigenvalue weighted by molar-refractivity contribution is 9.10. The largest absolute Gasteiger partial charge is 0.490 e. The molecule has 1 aliphatic rings. The van der Waals surface area contributed by atoms with Gasteiger partial charge in [-0.15, -0.1) is 11.3 Å². The number of ketones is 1. The predicted molar refractivity (Wildman–Crippen MR) is 113 cm³/mol. The van der Waals surface area contributed by atoms with Crippen LogP contribution in [0.2, 0.25) is 0 Å². The highest BCUT2D eigenvalue weighted by Gasteiger charge is 2.38. The van der Waals surface area contributed by atoms with Crippen LogP contribution >= 0.6 is 39.0 Å². The maximum Gasteiger partial charge on any atom is 0.255 e. The van der Waals surface area contributed by atoms with E-state index in [0.717, 1.165) is 11.8 Å². The van der Waals surface area contributed by atoms with Crippen molar-refractivity contribution in [2.75, 3.05) is 13.2 Å². The summed E-state index contributed by atoms with van der Waals surface area (Å²) >= 11 is 5.90. The zero-order valence-electron chi connectivity index (χ0n) is 14.7. The summed E-state index contributed by atoms with van der Waals surface area (Å²) in [6.45, 7) is 1.94. The molecule has 1 fully saturated rings. The minimum absolute atomic E-state index is 0.145. The van der Waals surface area contributed by atoms with Crippen LogP contribution in [0.3, 0.4) is 0 Å². The molecule has 1 atom stereocenters. The summed E-state index contributed by atoms with van der Waals surface area (Å²) in [5.74, 6) is -0.592. The number of Topliss-reactive ketones (excluding diaryl/α,β-unsaturated/α-hetero) is 1. The van der Waals surface area contributed by atoms with Crippen LogP contribution in [-0.2, 0) is 9.59 Å². The Morgan fingerprint density at radius 3 is 2.86 bits per heavy atom. The number of thioether (sulfide) groups is 1. The van der Waals surface area contributed by atoms with Gasteiger partial charge in [-0.3, -0.25) is 15.0 Å². The third kappa shape index (κ3) is 4.45. The van der Waals surface area contributed by atoms with Gasteiger partial charge in [-0.2, -0.15) is 0 Å². The Morgan fingerprint density at radius 1 is 1.43 bits per heavy atom. The molecule has 3 rings (SSSR count). The van der Waals surface area contributed by atoms with E-state index < -0.39 is 11.8 Å². The van der Waals surface area contributed by atoms with Crippen LogP contribution in [0.1, 0.15) is 23.4 Å². The number of hydrogen-bond acceptors (Lipinski definition) is 8. The average molecular weight is 482 g/mol. The molecule has 0 saturated carbocycles. The Balaban J connectivity index is 1.92. The van der Waals surface area contributed by atoms with Gasteiger partial charge in [0.2, 0.25) is 0 Å². The quantitative estimate of drug-likeness (QED) is 0.583. The van der Waals surface area contributed by atoms with Gasteiger partial charge in [0.15, 0.2) is 23.9 Å². The molecule has 0 spiro atoms. The van der Waals surface area contributed by atoms with Crippen LogP contribution in [-0.4, -0.2) is 34.9 Å². The number of hydrogen-bond donors (Lipinski definition) is 2. The number of nitrogens with two attached hydrogens (primary N) is 1. The van der Waals surface area contributed by atoms with Crippen molar-refractivity contribution in [2.45, 2.75) is 12.8 Å². The first-order valence-corrected chi connectivity index (χ1v) is 10.7. The van der Waals surface area contributed by atoms with Crippen molar-refractivity contribution in [1.29, 1.82) is 5.41 Å². The highest BCUT2D eigenvalue weighted by atomic mass is 79.9. The fraction of sp³-hybridized carbons (Fsp3) is 0.222. The number of carbonyl (C=O) groups excluding carboxylic acids is 2. The summed E-state index contributed by atoms with van der Waals surface area (Å²) in [6, 6.07) is 3.46. The minimum Gasteiger partial charge on any atom is -0.490 e. The molecule has 1 amide bonds. The lowest BCUT2D eigenvalue weighted by Gasteiger charge is -2.14. The van der Waals surface area contributed by atoms with Crippen molar-refractivity contribution in [3.05, 3.63) is 43.7 Å². The molecule has 10 heteroatoms. The Morgan fingerprint density at radius 2 is 2.21 bits per heavy atom. The van der Waals surface area contributed by atoms with Gasteiger partial charge in [0.1, 0.15) is 10.9 Å². The molecule has 1 aromatic heterocycles. The number of ether oxygens (including phenoxy) is 2. The zero-order valence-corrected chi connectivity index (χ0v) is 17.9. The maximum atomic E-state index is 12.8. The molecule has 2 heterocycles. The smallest absolute Gasteiger partial charge is 0.255 e. The topological polar surface area (TPSA) is 115 Å². The first kappa shape index (κ1) is 20.6. The van der Waals surface area contributed by atoms with E-state index in [4.69, 9.17) is 20.6 Å². The molecule has 3 N–H and O–H groups in total. The summed E-state index contributed by atoms with van der Waals surface area (Å²) in [6.07, 6.45) is 3.34. The van der Waals surface area contributed by atoms with Crippen molar-refractivity contribution in [3.63, 3.8) is 0 Å². The molecule has 1 saturated heterocycles. The second kappa shape index (κ2) is 8.89. The molecule has 0 unspecified atom stereocenters. The van der Waals surface area contributed by atoms with Crippen LogP contribution in [0.5, 0.6) is 11.5 Å². The van der Waals surface area contributed by atoms with Gasteiger partial charge in [-0.05, 0) is 46.6 Å². The summed E-state index contributed by atoms with van der Waals surface area (Å²) in [5.41, 5.74) is 5.84. The molecule has 146 valence electrons. The van der Waals surface area contributed by atoms with E-state index in [1.54, 1.807) is 29.8 Å². The van der Waals surface area contributed by atoms with Crippen molar-refractivity contribution >= 4 is 61.8 Å². The summed E-state index contributed by atoms with van der Waals surface area (Å²) < 4.78 is 11.6. The van der Waals surface area contributed by atoms with E-state index in [0.29, 0.717) is 38.1 Å². The standard InChI is InChI=1S/C18H16BrN3O4S2/c1-2-25-11-6-9(5-10(19)16(11)26-8-13(20)23)7-12-15(24)14(17(21)28-12)18-22-3-4-27-18/h3-7,14,21H,2,8H2,1H3,(H2,20,23)/b12-7-,21-17?/t14-/m0/s1. The van der Waals surface area contributed by atoms with E-state index in [2.05, 4.69) is 20.9 Å². The number of thiazole rings is 1. The number of rotatable bonds is 7. The molecule has 1 aromatic carbocycles. The molecule has 28 heavy (non-hydrogen) atoms. The molecule has 1 aliphatic heterocycles. The molecule has 7 nitrogen and oxygen atoms in total. The average Bonchev–Trinajstić information content (AvgIpc) is 3.23. The fourth-order valence-electron chi connectivity index (χ4n) is 2.56. The van der Waals surface area contributed by atoms with Crippen LogP contribution in [0, 0.1) is 5.41 Å². The van der Waals surface area contributed by atoms with E-state index in [9.17, 15) is 9.59 Å². The number of primary amides is 1.